The number of ketones is 1. The topological polar surface area (TPSA) is 20.3 Å². The van der Waals surface area contributed by atoms with Crippen molar-refractivity contribution in [2.45, 2.75) is 6.92 Å². The van der Waals surface area contributed by atoms with Gasteiger partial charge in [0.15, 0.2) is 5.78 Å². The summed E-state index contributed by atoms with van der Waals surface area (Å²) in [7, 11) is 3.83. The molecule has 0 aliphatic carbocycles. The van der Waals surface area contributed by atoms with Crippen LogP contribution in [0.5, 0.6) is 0 Å². The van der Waals surface area contributed by atoms with E-state index in [0.717, 1.165) is 10.4 Å². The third kappa shape index (κ3) is 2.01. The number of Topliss-reactive ketones (excluding diaryl/α,β-unsaturated/α-hetero) is 1. The van der Waals surface area contributed by atoms with Crippen molar-refractivity contribution in [3.8, 4) is 0 Å². The van der Waals surface area contributed by atoms with Gasteiger partial charge >= 0.3 is 0 Å². The fourth-order valence-electron chi connectivity index (χ4n) is 1.80. The number of nitrogens with zero attached hydrogens (tertiary/aromatic N) is 1. The molecule has 0 aliphatic rings. The highest BCUT2D eigenvalue weighted by Crippen LogP contribution is 2.30. The molecule has 2 rings (SSSR count). The molecule has 0 atom stereocenters. The molecular weight excluding hydrogens is 218 g/mol. The average molecular weight is 233 g/mol. The predicted octanol–water partition coefficient (Wildman–Crippen LogP) is 2.95. The van der Waals surface area contributed by atoms with E-state index in [4.69, 9.17) is 0 Å². The maximum absolute atomic E-state index is 12.0. The second-order valence-corrected chi connectivity index (χ2v) is 5.27. The van der Waals surface area contributed by atoms with Gasteiger partial charge in [0, 0.05) is 4.70 Å². The zero-order chi connectivity index (χ0) is 11.7. The van der Waals surface area contributed by atoms with E-state index in [-0.39, 0.29) is 5.78 Å². The van der Waals surface area contributed by atoms with Crippen LogP contribution in [-0.2, 0) is 0 Å². The number of rotatable bonds is 3. The second-order valence-electron chi connectivity index (χ2n) is 4.21. The number of thiophene rings is 1. The molecule has 0 saturated heterocycles. The number of benzene rings is 1. The number of carbonyl (C=O) groups is 1. The van der Waals surface area contributed by atoms with Crippen molar-refractivity contribution in [3.63, 3.8) is 0 Å². The van der Waals surface area contributed by atoms with Crippen molar-refractivity contribution >= 4 is 27.2 Å². The van der Waals surface area contributed by atoms with Crippen LogP contribution in [0, 0.1) is 6.92 Å². The number of aryl methyl sites for hydroxylation is 1. The molecule has 16 heavy (non-hydrogen) atoms. The Balaban J connectivity index is 2.45. The summed E-state index contributed by atoms with van der Waals surface area (Å²) >= 11 is 1.60. The average Bonchev–Trinajstić information content (AvgIpc) is 2.56. The van der Waals surface area contributed by atoms with Gasteiger partial charge in [-0.3, -0.25) is 4.79 Å². The summed E-state index contributed by atoms with van der Waals surface area (Å²) < 4.78 is 1.20. The lowest BCUT2D eigenvalue weighted by molar-refractivity contribution is 0.0961. The van der Waals surface area contributed by atoms with E-state index in [1.54, 1.807) is 11.3 Å². The van der Waals surface area contributed by atoms with Crippen molar-refractivity contribution in [1.29, 1.82) is 0 Å². The molecule has 1 heterocycles. The molecule has 0 spiro atoms. The van der Waals surface area contributed by atoms with Crippen LogP contribution in [0.15, 0.2) is 24.3 Å². The van der Waals surface area contributed by atoms with E-state index in [2.05, 4.69) is 12.1 Å². The van der Waals surface area contributed by atoms with Crippen molar-refractivity contribution in [2.75, 3.05) is 20.6 Å². The van der Waals surface area contributed by atoms with E-state index in [9.17, 15) is 4.79 Å². The Morgan fingerprint density at radius 3 is 2.62 bits per heavy atom. The maximum atomic E-state index is 12.0. The van der Waals surface area contributed by atoms with Crippen LogP contribution in [0.3, 0.4) is 0 Å². The minimum Gasteiger partial charge on any atom is -0.302 e. The Kier molecular flexibility index (Phi) is 3.08. The molecule has 0 N–H and O–H groups in total. The van der Waals surface area contributed by atoms with E-state index < -0.39 is 0 Å². The van der Waals surface area contributed by atoms with Gasteiger partial charge in [-0.2, -0.15) is 0 Å². The molecule has 2 aromatic rings. The third-order valence-electron chi connectivity index (χ3n) is 2.56. The first-order chi connectivity index (χ1) is 7.59. The van der Waals surface area contributed by atoms with Gasteiger partial charge in [-0.05, 0) is 38.0 Å². The van der Waals surface area contributed by atoms with Crippen LogP contribution >= 0.6 is 11.3 Å². The molecule has 0 unspecified atom stereocenters. The molecule has 3 heteroatoms. The van der Waals surface area contributed by atoms with Crippen LogP contribution in [0.4, 0.5) is 0 Å². The van der Waals surface area contributed by atoms with Crippen LogP contribution in [0.25, 0.3) is 10.1 Å². The van der Waals surface area contributed by atoms with Crippen molar-refractivity contribution in [3.05, 3.63) is 34.7 Å². The summed E-state index contributed by atoms with van der Waals surface area (Å²) in [5.41, 5.74) is 1.12. The number of likely N-dealkylation sites (N-methyl/N-ethyl adjacent to an activating group) is 1. The highest BCUT2D eigenvalue weighted by molar-refractivity contribution is 7.21. The van der Waals surface area contributed by atoms with Crippen molar-refractivity contribution < 1.29 is 4.79 Å². The summed E-state index contributed by atoms with van der Waals surface area (Å²) in [4.78, 5) is 14.8. The third-order valence-corrected chi connectivity index (χ3v) is 3.87. The first-order valence-electron chi connectivity index (χ1n) is 5.25. The Morgan fingerprint density at radius 1 is 1.31 bits per heavy atom. The van der Waals surface area contributed by atoms with Crippen LogP contribution < -0.4 is 0 Å². The zero-order valence-electron chi connectivity index (χ0n) is 9.78. The maximum Gasteiger partial charge on any atom is 0.187 e. The smallest absolute Gasteiger partial charge is 0.187 e. The predicted molar refractivity (Wildman–Crippen MR) is 69.4 cm³/mol. The van der Waals surface area contributed by atoms with Gasteiger partial charge in [0.2, 0.25) is 0 Å². The monoisotopic (exact) mass is 233 g/mol. The molecule has 0 aliphatic heterocycles. The molecule has 0 fully saturated rings. The quantitative estimate of drug-likeness (QED) is 0.760. The van der Waals surface area contributed by atoms with Gasteiger partial charge in [-0.15, -0.1) is 11.3 Å². The molecule has 2 nitrogen and oxygen atoms in total. The lowest BCUT2D eigenvalue weighted by Gasteiger charge is -2.07. The number of hydrogen-bond donors (Lipinski definition) is 0. The molecule has 0 saturated carbocycles. The first kappa shape index (κ1) is 11.3. The minimum absolute atomic E-state index is 0.212. The SMILES string of the molecule is Cc1c(C(=O)CN(C)C)sc2ccccc12. The fourth-order valence-corrected chi connectivity index (χ4v) is 2.94. The molecule has 84 valence electrons. The Morgan fingerprint density at radius 2 is 2.00 bits per heavy atom. The molecule has 0 amide bonds. The Labute approximate surface area is 99.5 Å². The Bertz CT molecular complexity index is 528. The Hall–Kier alpha value is -1.19. The van der Waals surface area contributed by atoms with Gasteiger partial charge in [-0.1, -0.05) is 18.2 Å². The summed E-state index contributed by atoms with van der Waals surface area (Å²) in [6.45, 7) is 2.51. The molecule has 1 aromatic carbocycles. The lowest BCUT2D eigenvalue weighted by Crippen LogP contribution is -2.21. The van der Waals surface area contributed by atoms with Gasteiger partial charge in [-0.25, -0.2) is 0 Å². The molecule has 1 aromatic heterocycles. The van der Waals surface area contributed by atoms with Crippen molar-refractivity contribution in [2.24, 2.45) is 0 Å². The van der Waals surface area contributed by atoms with E-state index >= 15 is 0 Å². The van der Waals surface area contributed by atoms with Gasteiger partial charge in [0.25, 0.3) is 0 Å². The summed E-state index contributed by atoms with van der Waals surface area (Å²) in [6.07, 6.45) is 0. The molecular formula is C13H15NOS. The summed E-state index contributed by atoms with van der Waals surface area (Å²) in [5, 5.41) is 1.20. The normalized spacial score (nSPS) is 11.2. The zero-order valence-corrected chi connectivity index (χ0v) is 10.6. The van der Waals surface area contributed by atoms with Crippen LogP contribution in [0.1, 0.15) is 15.2 Å². The van der Waals surface area contributed by atoms with Gasteiger partial charge in [0.1, 0.15) is 0 Å². The summed E-state index contributed by atoms with van der Waals surface area (Å²) in [5.74, 6) is 0.212. The van der Waals surface area contributed by atoms with Crippen molar-refractivity contribution in [1.82, 2.24) is 4.90 Å². The standard InChI is InChI=1S/C13H15NOS/c1-9-10-6-4-5-7-12(10)16-13(9)11(15)8-14(2)3/h4-7H,8H2,1-3H3. The van der Waals surface area contributed by atoms with E-state index in [1.165, 1.54) is 10.1 Å². The van der Waals surface area contributed by atoms with Crippen LogP contribution in [-0.4, -0.2) is 31.3 Å². The molecule has 0 bridgehead atoms. The number of hydrogen-bond acceptors (Lipinski definition) is 3. The van der Waals surface area contributed by atoms with E-state index in [0.29, 0.717) is 6.54 Å². The summed E-state index contributed by atoms with van der Waals surface area (Å²) in [6, 6.07) is 8.17. The molecule has 0 radical (unpaired) electrons. The van der Waals surface area contributed by atoms with Gasteiger partial charge in [0.05, 0.1) is 11.4 Å². The minimum atomic E-state index is 0.212. The van der Waals surface area contributed by atoms with E-state index in [1.807, 2.05) is 38.1 Å². The number of carbonyl (C=O) groups excluding carboxylic acids is 1. The van der Waals surface area contributed by atoms with Crippen LogP contribution in [0.2, 0.25) is 0 Å². The first-order valence-corrected chi connectivity index (χ1v) is 6.07. The number of fused-ring (bicyclic) bond motifs is 1. The fraction of sp³-hybridized carbons (Fsp3) is 0.308. The second kappa shape index (κ2) is 4.36. The lowest BCUT2D eigenvalue weighted by atomic mass is 10.1. The highest BCUT2D eigenvalue weighted by atomic mass is 32.1. The largest absolute Gasteiger partial charge is 0.302 e. The highest BCUT2D eigenvalue weighted by Gasteiger charge is 2.15. The van der Waals surface area contributed by atoms with Gasteiger partial charge < -0.3 is 4.90 Å².